The second kappa shape index (κ2) is 13.0. The van der Waals surface area contributed by atoms with Crippen LogP contribution in [0.3, 0.4) is 0 Å². The Morgan fingerprint density at radius 2 is 1.54 bits per heavy atom. The van der Waals surface area contributed by atoms with Crippen molar-refractivity contribution in [1.82, 2.24) is 5.48 Å². The molecule has 0 aliphatic carbocycles. The van der Waals surface area contributed by atoms with Crippen molar-refractivity contribution < 1.29 is 4.84 Å². The molecule has 0 amide bonds. The molecule has 154 valence electrons. The molecule has 4 nitrogen and oxygen atoms in total. The molecule has 0 bridgehead atoms. The summed E-state index contributed by atoms with van der Waals surface area (Å²) in [4.78, 5) is 5.60. The quantitative estimate of drug-likeness (QED) is 0.384. The van der Waals surface area contributed by atoms with Gasteiger partial charge in [-0.25, -0.2) is 0 Å². The van der Waals surface area contributed by atoms with Crippen molar-refractivity contribution in [3.63, 3.8) is 0 Å². The minimum absolute atomic E-state index is 0.0214. The van der Waals surface area contributed by atoms with Gasteiger partial charge >= 0.3 is 0 Å². The Bertz CT molecular complexity index is 690. The SMILES string of the molecule is CC(C)C.CC(C)NOC(C)c1ccc(/C=C/CNc2ccccc2N)cc1. The van der Waals surface area contributed by atoms with Crippen LogP contribution in [0.15, 0.2) is 54.6 Å². The lowest BCUT2D eigenvalue weighted by Crippen LogP contribution is -2.24. The molecule has 0 spiro atoms. The summed E-state index contributed by atoms with van der Waals surface area (Å²) in [6.45, 7) is 13.4. The van der Waals surface area contributed by atoms with Gasteiger partial charge in [0.15, 0.2) is 0 Å². The Balaban J connectivity index is 0.000000892. The maximum absolute atomic E-state index is 5.90. The second-order valence-electron chi connectivity index (χ2n) is 7.80. The number of nitrogen functional groups attached to an aromatic ring is 1. The van der Waals surface area contributed by atoms with Gasteiger partial charge in [0.2, 0.25) is 0 Å². The molecule has 0 radical (unpaired) electrons. The number of hydroxylamine groups is 1. The van der Waals surface area contributed by atoms with Gasteiger partial charge in [-0.2, -0.15) is 5.48 Å². The highest BCUT2D eigenvalue weighted by atomic mass is 16.7. The summed E-state index contributed by atoms with van der Waals surface area (Å²) in [6.07, 6.45) is 4.20. The first kappa shape index (κ1) is 23.7. The third kappa shape index (κ3) is 10.1. The molecule has 2 rings (SSSR count). The van der Waals surface area contributed by atoms with E-state index in [0.29, 0.717) is 6.04 Å². The number of anilines is 2. The van der Waals surface area contributed by atoms with Crippen molar-refractivity contribution >= 4 is 17.5 Å². The topological polar surface area (TPSA) is 59.3 Å². The molecule has 0 fully saturated rings. The van der Waals surface area contributed by atoms with E-state index in [1.165, 1.54) is 0 Å². The fourth-order valence-corrected chi connectivity index (χ4v) is 2.21. The highest BCUT2D eigenvalue weighted by Gasteiger charge is 2.06. The van der Waals surface area contributed by atoms with E-state index >= 15 is 0 Å². The standard InChI is InChI=1S/C20H27N3O.C4H10/c1-15(2)23-24-16(3)18-12-10-17(11-13-18)7-6-14-22-20-9-5-4-8-19(20)21;1-4(2)3/h4-13,15-16,22-23H,14,21H2,1-3H3;4H,1-3H3/b7-6+;. The number of nitrogens with one attached hydrogen (secondary N) is 2. The molecular formula is C24H37N3O. The van der Waals surface area contributed by atoms with Crippen LogP contribution in [0, 0.1) is 5.92 Å². The fraction of sp³-hybridized carbons (Fsp3) is 0.417. The molecule has 1 unspecified atom stereocenters. The van der Waals surface area contributed by atoms with Gasteiger partial charge in [0.05, 0.1) is 11.4 Å². The van der Waals surface area contributed by atoms with Gasteiger partial charge in [-0.15, -0.1) is 0 Å². The lowest BCUT2D eigenvalue weighted by molar-refractivity contribution is -0.0304. The molecule has 0 aliphatic heterocycles. The minimum Gasteiger partial charge on any atom is -0.397 e. The predicted octanol–water partition coefficient (Wildman–Crippen LogP) is 6.05. The molecule has 2 aromatic rings. The summed E-state index contributed by atoms with van der Waals surface area (Å²) in [5, 5.41) is 3.30. The Morgan fingerprint density at radius 1 is 0.929 bits per heavy atom. The predicted molar refractivity (Wildman–Crippen MR) is 123 cm³/mol. The molecule has 28 heavy (non-hydrogen) atoms. The summed E-state index contributed by atoms with van der Waals surface area (Å²) in [7, 11) is 0. The summed E-state index contributed by atoms with van der Waals surface area (Å²) in [5.41, 5.74) is 12.9. The highest BCUT2D eigenvalue weighted by Crippen LogP contribution is 2.18. The van der Waals surface area contributed by atoms with E-state index in [-0.39, 0.29) is 6.10 Å². The normalized spacial score (nSPS) is 12.1. The van der Waals surface area contributed by atoms with Crippen molar-refractivity contribution in [3.05, 3.63) is 65.7 Å². The van der Waals surface area contributed by atoms with Crippen LogP contribution in [0.2, 0.25) is 0 Å². The average Bonchev–Trinajstić information content (AvgIpc) is 2.64. The van der Waals surface area contributed by atoms with Crippen LogP contribution in [-0.2, 0) is 4.84 Å². The van der Waals surface area contributed by atoms with Crippen LogP contribution >= 0.6 is 0 Å². The molecule has 0 heterocycles. The van der Waals surface area contributed by atoms with Crippen molar-refractivity contribution in [2.45, 2.75) is 53.7 Å². The third-order valence-corrected chi connectivity index (χ3v) is 3.57. The van der Waals surface area contributed by atoms with E-state index in [1.807, 2.05) is 31.2 Å². The Morgan fingerprint density at radius 3 is 2.11 bits per heavy atom. The van der Waals surface area contributed by atoms with E-state index in [2.05, 4.69) is 81.8 Å². The Kier molecular flexibility index (Phi) is 11.0. The van der Waals surface area contributed by atoms with E-state index in [1.54, 1.807) is 0 Å². The molecule has 0 aliphatic rings. The van der Waals surface area contributed by atoms with Crippen LogP contribution < -0.4 is 16.5 Å². The van der Waals surface area contributed by atoms with Crippen molar-refractivity contribution in [2.24, 2.45) is 5.92 Å². The van der Waals surface area contributed by atoms with Gasteiger partial charge in [-0.3, -0.25) is 4.84 Å². The second-order valence-corrected chi connectivity index (χ2v) is 7.80. The number of para-hydroxylation sites is 2. The molecular weight excluding hydrogens is 346 g/mol. The number of rotatable bonds is 8. The molecule has 0 saturated heterocycles. The van der Waals surface area contributed by atoms with Crippen molar-refractivity contribution in [1.29, 1.82) is 0 Å². The van der Waals surface area contributed by atoms with Crippen LogP contribution in [-0.4, -0.2) is 12.6 Å². The number of hydrogen-bond donors (Lipinski definition) is 3. The van der Waals surface area contributed by atoms with Gasteiger partial charge in [-0.05, 0) is 49.9 Å². The maximum Gasteiger partial charge on any atom is 0.101 e. The number of hydrogen-bond acceptors (Lipinski definition) is 4. The van der Waals surface area contributed by atoms with E-state index in [4.69, 9.17) is 10.6 Å². The molecule has 2 aromatic carbocycles. The largest absolute Gasteiger partial charge is 0.397 e. The van der Waals surface area contributed by atoms with Gasteiger partial charge in [0, 0.05) is 12.6 Å². The summed E-state index contributed by atoms with van der Waals surface area (Å²) in [5.74, 6) is 0.833. The Labute approximate surface area is 171 Å². The van der Waals surface area contributed by atoms with Gasteiger partial charge in [0.1, 0.15) is 6.10 Å². The first-order chi connectivity index (χ1) is 13.3. The van der Waals surface area contributed by atoms with E-state index in [0.717, 1.165) is 35.0 Å². The zero-order valence-corrected chi connectivity index (χ0v) is 18.2. The number of nitrogens with two attached hydrogens (primary N) is 1. The monoisotopic (exact) mass is 383 g/mol. The molecule has 1 atom stereocenters. The Hall–Kier alpha value is -2.30. The molecule has 4 heteroatoms. The molecule has 0 aromatic heterocycles. The van der Waals surface area contributed by atoms with Crippen LogP contribution in [0.4, 0.5) is 11.4 Å². The number of benzene rings is 2. The van der Waals surface area contributed by atoms with Crippen molar-refractivity contribution in [2.75, 3.05) is 17.6 Å². The van der Waals surface area contributed by atoms with E-state index in [9.17, 15) is 0 Å². The maximum atomic E-state index is 5.90. The molecule has 0 saturated carbocycles. The highest BCUT2D eigenvalue weighted by molar-refractivity contribution is 5.66. The average molecular weight is 384 g/mol. The summed E-state index contributed by atoms with van der Waals surface area (Å²) < 4.78 is 0. The zero-order chi connectivity index (χ0) is 20.9. The van der Waals surface area contributed by atoms with E-state index < -0.39 is 0 Å². The smallest absolute Gasteiger partial charge is 0.101 e. The summed E-state index contributed by atoms with van der Waals surface area (Å²) >= 11 is 0. The third-order valence-electron chi connectivity index (χ3n) is 3.57. The van der Waals surface area contributed by atoms with Crippen LogP contribution in [0.5, 0.6) is 0 Å². The van der Waals surface area contributed by atoms with Crippen LogP contribution in [0.1, 0.15) is 58.8 Å². The fourth-order valence-electron chi connectivity index (χ4n) is 2.21. The zero-order valence-electron chi connectivity index (χ0n) is 18.2. The first-order valence-electron chi connectivity index (χ1n) is 10.1. The van der Waals surface area contributed by atoms with Gasteiger partial charge in [0.25, 0.3) is 0 Å². The minimum atomic E-state index is 0.0214. The summed E-state index contributed by atoms with van der Waals surface area (Å²) in [6, 6.07) is 16.4. The van der Waals surface area contributed by atoms with Crippen LogP contribution in [0.25, 0.3) is 6.08 Å². The van der Waals surface area contributed by atoms with Crippen molar-refractivity contribution in [3.8, 4) is 0 Å². The van der Waals surface area contributed by atoms with Gasteiger partial charge < -0.3 is 11.1 Å². The van der Waals surface area contributed by atoms with Gasteiger partial charge in [-0.1, -0.05) is 69.3 Å². The lowest BCUT2D eigenvalue weighted by atomic mass is 10.1. The first-order valence-corrected chi connectivity index (χ1v) is 10.1. The lowest BCUT2D eigenvalue weighted by Gasteiger charge is -2.16. The molecule has 4 N–H and O–H groups in total.